The number of rotatable bonds is 3. The van der Waals surface area contributed by atoms with E-state index in [4.69, 9.17) is 11.6 Å². The van der Waals surface area contributed by atoms with Gasteiger partial charge in [-0.25, -0.2) is 0 Å². The first-order valence-corrected chi connectivity index (χ1v) is 7.65. The molecule has 1 amide bonds. The van der Waals surface area contributed by atoms with Crippen molar-refractivity contribution in [1.82, 2.24) is 10.2 Å². The molecule has 1 aromatic rings. The quantitative estimate of drug-likeness (QED) is 0.912. The number of hydrogen-bond donors (Lipinski definition) is 1. The molecular weight excluding hydrogens is 328 g/mol. The Hall–Kier alpha value is -0.580. The number of carbonyl (C=O) groups excluding carboxylic acids is 1. The van der Waals surface area contributed by atoms with E-state index in [1.807, 2.05) is 0 Å². The largest absolute Gasteiger partial charge is 0.352 e. The second-order valence-electron chi connectivity index (χ2n) is 5.08. The maximum atomic E-state index is 12.1. The summed E-state index contributed by atoms with van der Waals surface area (Å²) in [6, 6.07) is 5.25. The lowest BCUT2D eigenvalue weighted by molar-refractivity contribution is 0.0938. The fraction of sp³-hybridized carbons (Fsp3) is 0.500. The highest BCUT2D eigenvalue weighted by Crippen LogP contribution is 2.21. The van der Waals surface area contributed by atoms with E-state index in [9.17, 15) is 4.79 Å². The third-order valence-electron chi connectivity index (χ3n) is 3.56. The summed E-state index contributed by atoms with van der Waals surface area (Å²) in [4.78, 5) is 14.4. The topological polar surface area (TPSA) is 32.3 Å². The lowest BCUT2D eigenvalue weighted by Gasteiger charge is -2.28. The van der Waals surface area contributed by atoms with Crippen molar-refractivity contribution in [3.8, 4) is 0 Å². The van der Waals surface area contributed by atoms with Gasteiger partial charge in [0.05, 0.1) is 5.56 Å². The minimum absolute atomic E-state index is 0.0618. The molecule has 0 atom stereocenters. The van der Waals surface area contributed by atoms with E-state index >= 15 is 0 Å². The van der Waals surface area contributed by atoms with Crippen molar-refractivity contribution < 1.29 is 4.79 Å². The maximum Gasteiger partial charge on any atom is 0.252 e. The number of hydrogen-bond acceptors (Lipinski definition) is 2. The molecule has 104 valence electrons. The monoisotopic (exact) mass is 344 g/mol. The Kier molecular flexibility index (Phi) is 5.25. The molecule has 0 radical (unpaired) electrons. The summed E-state index contributed by atoms with van der Waals surface area (Å²) in [5.41, 5.74) is 0.598. The lowest BCUT2D eigenvalue weighted by atomic mass is 9.97. The summed E-state index contributed by atoms with van der Waals surface area (Å²) < 4.78 is 0.776. The lowest BCUT2D eigenvalue weighted by Crippen LogP contribution is -2.36. The molecule has 0 saturated carbocycles. The zero-order chi connectivity index (χ0) is 13.8. The Bertz CT molecular complexity index is 459. The average Bonchev–Trinajstić information content (AvgIpc) is 2.40. The normalized spacial score (nSPS) is 17.4. The number of benzene rings is 1. The van der Waals surface area contributed by atoms with Gasteiger partial charge in [0.15, 0.2) is 0 Å². The van der Waals surface area contributed by atoms with E-state index in [1.165, 1.54) is 0 Å². The van der Waals surface area contributed by atoms with Gasteiger partial charge >= 0.3 is 0 Å². The fourth-order valence-electron chi connectivity index (χ4n) is 2.27. The fourth-order valence-corrected chi connectivity index (χ4v) is 2.87. The Labute approximate surface area is 127 Å². The van der Waals surface area contributed by atoms with Gasteiger partial charge in [0.2, 0.25) is 0 Å². The zero-order valence-corrected chi connectivity index (χ0v) is 13.3. The zero-order valence-electron chi connectivity index (χ0n) is 11.0. The van der Waals surface area contributed by atoms with Crippen molar-refractivity contribution in [1.29, 1.82) is 0 Å². The standard InChI is InChI=1S/C14H18BrClN2O/c1-18-6-4-10(5-7-18)9-17-14(19)12-8-11(16)2-3-13(12)15/h2-3,8,10H,4-7,9H2,1H3,(H,17,19). The van der Waals surface area contributed by atoms with Crippen LogP contribution in [0.5, 0.6) is 0 Å². The maximum absolute atomic E-state index is 12.1. The molecule has 2 rings (SSSR count). The van der Waals surface area contributed by atoms with Gasteiger partial charge < -0.3 is 10.2 Å². The molecule has 1 aliphatic heterocycles. The Morgan fingerprint density at radius 2 is 2.16 bits per heavy atom. The molecule has 0 bridgehead atoms. The first-order valence-electron chi connectivity index (χ1n) is 6.48. The predicted molar refractivity (Wildman–Crippen MR) is 81.7 cm³/mol. The number of amides is 1. The second-order valence-corrected chi connectivity index (χ2v) is 6.37. The predicted octanol–water partition coefficient (Wildman–Crippen LogP) is 3.17. The van der Waals surface area contributed by atoms with Crippen molar-refractivity contribution in [2.75, 3.05) is 26.7 Å². The van der Waals surface area contributed by atoms with E-state index in [2.05, 4.69) is 33.2 Å². The summed E-state index contributed by atoms with van der Waals surface area (Å²) in [7, 11) is 2.14. The van der Waals surface area contributed by atoms with Crippen molar-refractivity contribution in [3.05, 3.63) is 33.3 Å². The third-order valence-corrected chi connectivity index (χ3v) is 4.49. The molecule has 1 heterocycles. The van der Waals surface area contributed by atoms with Gasteiger partial charge in [-0.3, -0.25) is 4.79 Å². The van der Waals surface area contributed by atoms with Crippen molar-refractivity contribution >= 4 is 33.4 Å². The van der Waals surface area contributed by atoms with E-state index in [1.54, 1.807) is 18.2 Å². The smallest absolute Gasteiger partial charge is 0.252 e. The number of likely N-dealkylation sites (tertiary alicyclic amines) is 1. The van der Waals surface area contributed by atoms with Gasteiger partial charge in [-0.1, -0.05) is 11.6 Å². The summed E-state index contributed by atoms with van der Waals surface area (Å²) in [6.45, 7) is 2.97. The van der Waals surface area contributed by atoms with E-state index in [0.717, 1.165) is 36.9 Å². The number of piperidine rings is 1. The van der Waals surface area contributed by atoms with Crippen LogP contribution in [0.3, 0.4) is 0 Å². The van der Waals surface area contributed by atoms with Crippen LogP contribution in [0, 0.1) is 5.92 Å². The van der Waals surface area contributed by atoms with Gasteiger partial charge in [-0.2, -0.15) is 0 Å². The molecular formula is C14H18BrClN2O. The Morgan fingerprint density at radius 1 is 1.47 bits per heavy atom. The van der Waals surface area contributed by atoms with Crippen LogP contribution in [0.1, 0.15) is 23.2 Å². The highest BCUT2D eigenvalue weighted by molar-refractivity contribution is 9.10. The number of carbonyl (C=O) groups is 1. The van der Waals surface area contributed by atoms with Crippen LogP contribution in [-0.4, -0.2) is 37.5 Å². The Morgan fingerprint density at radius 3 is 2.84 bits per heavy atom. The molecule has 0 spiro atoms. The molecule has 0 aromatic heterocycles. The van der Waals surface area contributed by atoms with E-state index in [0.29, 0.717) is 16.5 Å². The highest BCUT2D eigenvalue weighted by Gasteiger charge is 2.18. The molecule has 5 heteroatoms. The highest BCUT2D eigenvalue weighted by atomic mass is 79.9. The van der Waals surface area contributed by atoms with Crippen LogP contribution < -0.4 is 5.32 Å². The first-order chi connectivity index (χ1) is 9.06. The molecule has 0 aliphatic carbocycles. The number of nitrogens with zero attached hydrogens (tertiary/aromatic N) is 1. The van der Waals surface area contributed by atoms with Crippen LogP contribution in [0.4, 0.5) is 0 Å². The minimum atomic E-state index is -0.0618. The molecule has 1 aliphatic rings. The van der Waals surface area contributed by atoms with Gasteiger partial charge in [0.1, 0.15) is 0 Å². The molecule has 3 nitrogen and oxygen atoms in total. The number of halogens is 2. The van der Waals surface area contributed by atoms with Crippen molar-refractivity contribution in [2.45, 2.75) is 12.8 Å². The van der Waals surface area contributed by atoms with Crippen molar-refractivity contribution in [3.63, 3.8) is 0 Å². The van der Waals surface area contributed by atoms with Crippen LogP contribution >= 0.6 is 27.5 Å². The average molecular weight is 346 g/mol. The summed E-state index contributed by atoms with van der Waals surface area (Å²) in [5.74, 6) is 0.520. The van der Waals surface area contributed by atoms with Crippen LogP contribution in [0.2, 0.25) is 5.02 Å². The van der Waals surface area contributed by atoms with Crippen molar-refractivity contribution in [2.24, 2.45) is 5.92 Å². The van der Waals surface area contributed by atoms with Crippen LogP contribution in [-0.2, 0) is 0 Å². The Balaban J connectivity index is 1.89. The second kappa shape index (κ2) is 6.73. The first kappa shape index (κ1) is 14.8. The van der Waals surface area contributed by atoms with Gasteiger partial charge in [0.25, 0.3) is 5.91 Å². The van der Waals surface area contributed by atoms with E-state index in [-0.39, 0.29) is 5.91 Å². The molecule has 1 fully saturated rings. The van der Waals surface area contributed by atoms with Gasteiger partial charge in [0, 0.05) is 16.0 Å². The SMILES string of the molecule is CN1CCC(CNC(=O)c2cc(Cl)ccc2Br)CC1. The molecule has 1 aromatic carbocycles. The number of nitrogens with one attached hydrogen (secondary N) is 1. The summed E-state index contributed by atoms with van der Waals surface area (Å²) in [5, 5.41) is 3.58. The van der Waals surface area contributed by atoms with Gasteiger partial charge in [-0.15, -0.1) is 0 Å². The molecule has 1 saturated heterocycles. The summed E-state index contributed by atoms with van der Waals surface area (Å²) in [6.07, 6.45) is 2.29. The molecule has 19 heavy (non-hydrogen) atoms. The van der Waals surface area contributed by atoms with Crippen LogP contribution in [0.15, 0.2) is 22.7 Å². The van der Waals surface area contributed by atoms with E-state index < -0.39 is 0 Å². The molecule has 1 N–H and O–H groups in total. The minimum Gasteiger partial charge on any atom is -0.352 e. The van der Waals surface area contributed by atoms with Crippen LogP contribution in [0.25, 0.3) is 0 Å². The summed E-state index contributed by atoms with van der Waals surface area (Å²) >= 11 is 9.30. The third kappa shape index (κ3) is 4.20. The molecule has 0 unspecified atom stereocenters. The van der Waals surface area contributed by atoms with Gasteiger partial charge in [-0.05, 0) is 73.0 Å².